The van der Waals surface area contributed by atoms with Gasteiger partial charge in [-0.3, -0.25) is 4.79 Å². The fourth-order valence-corrected chi connectivity index (χ4v) is 3.59. The first kappa shape index (κ1) is 16.8. The first-order chi connectivity index (χ1) is 10.3. The van der Waals surface area contributed by atoms with Gasteiger partial charge in [0.2, 0.25) is 15.9 Å². The highest BCUT2D eigenvalue weighted by molar-refractivity contribution is 7.89. The van der Waals surface area contributed by atoms with Gasteiger partial charge in [0.25, 0.3) is 0 Å². The van der Waals surface area contributed by atoms with Crippen molar-refractivity contribution in [2.75, 3.05) is 24.2 Å². The molecule has 0 unspecified atom stereocenters. The van der Waals surface area contributed by atoms with E-state index in [9.17, 15) is 22.0 Å². The van der Waals surface area contributed by atoms with E-state index in [1.807, 2.05) is 0 Å². The predicted octanol–water partition coefficient (Wildman–Crippen LogP) is 1.96. The maximum absolute atomic E-state index is 13.1. The highest BCUT2D eigenvalue weighted by Gasteiger charge is 2.31. The summed E-state index contributed by atoms with van der Waals surface area (Å²) in [6.45, 7) is 2.08. The third-order valence-electron chi connectivity index (χ3n) is 3.70. The summed E-state index contributed by atoms with van der Waals surface area (Å²) in [5.41, 5.74) is 0.152. The first-order valence-corrected chi connectivity index (χ1v) is 8.68. The van der Waals surface area contributed by atoms with E-state index in [4.69, 9.17) is 0 Å². The Kier molecular flexibility index (Phi) is 5.12. The van der Waals surface area contributed by atoms with Crippen molar-refractivity contribution in [3.05, 3.63) is 29.8 Å². The number of sulfonamides is 1. The van der Waals surface area contributed by atoms with E-state index in [-0.39, 0.29) is 23.9 Å². The maximum Gasteiger partial charge on any atom is 0.228 e. The Morgan fingerprint density at radius 3 is 2.73 bits per heavy atom. The van der Waals surface area contributed by atoms with Crippen molar-refractivity contribution in [1.82, 2.24) is 4.31 Å². The van der Waals surface area contributed by atoms with Gasteiger partial charge in [0.05, 0.1) is 11.7 Å². The number of rotatable bonds is 4. The molecule has 0 bridgehead atoms. The molecule has 2 rings (SSSR count). The van der Waals surface area contributed by atoms with Gasteiger partial charge in [-0.25, -0.2) is 21.5 Å². The van der Waals surface area contributed by atoms with Crippen LogP contribution in [0.4, 0.5) is 14.5 Å². The summed E-state index contributed by atoms with van der Waals surface area (Å²) >= 11 is 0. The highest BCUT2D eigenvalue weighted by atomic mass is 32.2. The molecule has 1 heterocycles. The molecule has 1 aromatic carbocycles. The lowest BCUT2D eigenvalue weighted by Crippen LogP contribution is -2.44. The lowest BCUT2D eigenvalue weighted by Gasteiger charge is -2.30. The second-order valence-corrected chi connectivity index (χ2v) is 7.47. The Bertz CT molecular complexity index is 664. The van der Waals surface area contributed by atoms with E-state index in [0.29, 0.717) is 19.4 Å². The van der Waals surface area contributed by atoms with Gasteiger partial charge < -0.3 is 5.32 Å². The molecule has 122 valence electrons. The van der Waals surface area contributed by atoms with Crippen molar-refractivity contribution in [2.45, 2.75) is 19.8 Å². The Hall–Kier alpha value is -1.54. The molecule has 22 heavy (non-hydrogen) atoms. The van der Waals surface area contributed by atoms with Gasteiger partial charge in [0.1, 0.15) is 0 Å². The SMILES string of the molecule is CCS(=O)(=O)N1CCC[C@@H](C(=O)Nc2ccc(F)c(F)c2)C1. The maximum atomic E-state index is 13.1. The summed E-state index contributed by atoms with van der Waals surface area (Å²) in [5, 5.41) is 2.50. The average molecular weight is 332 g/mol. The third-order valence-corrected chi connectivity index (χ3v) is 5.55. The van der Waals surface area contributed by atoms with Crippen LogP contribution in [0.15, 0.2) is 18.2 Å². The Morgan fingerprint density at radius 1 is 1.36 bits per heavy atom. The van der Waals surface area contributed by atoms with Crippen LogP contribution in [0.3, 0.4) is 0 Å². The third kappa shape index (κ3) is 3.80. The van der Waals surface area contributed by atoms with Crippen LogP contribution < -0.4 is 5.32 Å². The second-order valence-electron chi connectivity index (χ2n) is 5.22. The number of hydrogen-bond donors (Lipinski definition) is 1. The van der Waals surface area contributed by atoms with Crippen LogP contribution in [0.1, 0.15) is 19.8 Å². The molecule has 0 radical (unpaired) electrons. The number of halogens is 2. The van der Waals surface area contributed by atoms with Crippen LogP contribution >= 0.6 is 0 Å². The number of piperidine rings is 1. The van der Waals surface area contributed by atoms with Gasteiger partial charge in [-0.1, -0.05) is 0 Å². The number of carbonyl (C=O) groups excluding carboxylic acids is 1. The minimum absolute atomic E-state index is 0.00941. The summed E-state index contributed by atoms with van der Waals surface area (Å²) in [6, 6.07) is 3.09. The number of anilines is 1. The van der Waals surface area contributed by atoms with Gasteiger partial charge in [-0.15, -0.1) is 0 Å². The largest absolute Gasteiger partial charge is 0.326 e. The van der Waals surface area contributed by atoms with E-state index in [2.05, 4.69) is 5.32 Å². The van der Waals surface area contributed by atoms with Crippen molar-refractivity contribution in [1.29, 1.82) is 0 Å². The molecule has 5 nitrogen and oxygen atoms in total. The normalized spacial score (nSPS) is 19.9. The number of hydrogen-bond acceptors (Lipinski definition) is 3. The smallest absolute Gasteiger partial charge is 0.228 e. The first-order valence-electron chi connectivity index (χ1n) is 7.07. The van der Waals surface area contributed by atoms with Crippen LogP contribution in [0.25, 0.3) is 0 Å². The molecule has 1 atom stereocenters. The molecule has 8 heteroatoms. The number of benzene rings is 1. The fraction of sp³-hybridized carbons (Fsp3) is 0.500. The molecule has 1 aliphatic rings. The van der Waals surface area contributed by atoms with Gasteiger partial charge in [0, 0.05) is 24.8 Å². The molecule has 0 saturated carbocycles. The van der Waals surface area contributed by atoms with E-state index < -0.39 is 27.6 Å². The summed E-state index contributed by atoms with van der Waals surface area (Å²) in [7, 11) is -3.33. The number of nitrogens with one attached hydrogen (secondary N) is 1. The lowest BCUT2D eigenvalue weighted by molar-refractivity contribution is -0.120. The minimum atomic E-state index is -3.33. The summed E-state index contributed by atoms with van der Waals surface area (Å²) < 4.78 is 51.0. The lowest BCUT2D eigenvalue weighted by atomic mass is 9.98. The van der Waals surface area contributed by atoms with E-state index in [1.165, 1.54) is 10.4 Å². The average Bonchev–Trinajstić information content (AvgIpc) is 2.51. The van der Waals surface area contributed by atoms with Crippen molar-refractivity contribution in [3.63, 3.8) is 0 Å². The zero-order chi connectivity index (χ0) is 16.3. The minimum Gasteiger partial charge on any atom is -0.326 e. The summed E-state index contributed by atoms with van der Waals surface area (Å²) in [4.78, 5) is 12.2. The van der Waals surface area contributed by atoms with Crippen LogP contribution in [-0.2, 0) is 14.8 Å². The Balaban J connectivity index is 2.04. The van der Waals surface area contributed by atoms with Crippen LogP contribution in [0.2, 0.25) is 0 Å². The monoisotopic (exact) mass is 332 g/mol. The van der Waals surface area contributed by atoms with E-state index in [0.717, 1.165) is 12.1 Å². The summed E-state index contributed by atoms with van der Waals surface area (Å²) in [5.74, 6) is -2.93. The van der Waals surface area contributed by atoms with Crippen molar-refractivity contribution in [3.8, 4) is 0 Å². The quantitative estimate of drug-likeness (QED) is 0.917. The Labute approximate surface area is 128 Å². The number of nitrogens with zero attached hydrogens (tertiary/aromatic N) is 1. The highest BCUT2D eigenvalue weighted by Crippen LogP contribution is 2.22. The van der Waals surface area contributed by atoms with Gasteiger partial charge in [0.15, 0.2) is 11.6 Å². The topological polar surface area (TPSA) is 66.5 Å². The van der Waals surface area contributed by atoms with Crippen LogP contribution in [0.5, 0.6) is 0 Å². The van der Waals surface area contributed by atoms with Gasteiger partial charge in [-0.05, 0) is 31.9 Å². The standard InChI is InChI=1S/C14H18F2N2O3S/c1-2-22(20,21)18-7-3-4-10(9-18)14(19)17-11-5-6-12(15)13(16)8-11/h5-6,8,10H,2-4,7,9H2,1H3,(H,17,19)/t10-/m1/s1. The molecular weight excluding hydrogens is 314 g/mol. The molecular formula is C14H18F2N2O3S. The van der Waals surface area contributed by atoms with Crippen molar-refractivity contribution < 1.29 is 22.0 Å². The van der Waals surface area contributed by atoms with E-state index in [1.54, 1.807) is 6.92 Å². The Morgan fingerprint density at radius 2 is 2.09 bits per heavy atom. The van der Waals surface area contributed by atoms with Crippen LogP contribution in [0, 0.1) is 17.6 Å². The van der Waals surface area contributed by atoms with Crippen molar-refractivity contribution in [2.24, 2.45) is 5.92 Å². The molecule has 1 amide bonds. The molecule has 0 aromatic heterocycles. The fourth-order valence-electron chi connectivity index (χ4n) is 2.41. The zero-order valence-corrected chi connectivity index (χ0v) is 13.0. The molecule has 1 aromatic rings. The second kappa shape index (κ2) is 6.70. The molecule has 1 saturated heterocycles. The van der Waals surface area contributed by atoms with Crippen LogP contribution in [-0.4, -0.2) is 37.5 Å². The zero-order valence-electron chi connectivity index (χ0n) is 12.2. The number of carbonyl (C=O) groups is 1. The predicted molar refractivity (Wildman–Crippen MR) is 78.7 cm³/mol. The van der Waals surface area contributed by atoms with Crippen molar-refractivity contribution >= 4 is 21.6 Å². The van der Waals surface area contributed by atoms with E-state index >= 15 is 0 Å². The molecule has 1 fully saturated rings. The molecule has 0 aliphatic carbocycles. The summed E-state index contributed by atoms with van der Waals surface area (Å²) in [6.07, 6.45) is 1.15. The molecule has 1 N–H and O–H groups in total. The number of amides is 1. The van der Waals surface area contributed by atoms with Gasteiger partial charge >= 0.3 is 0 Å². The van der Waals surface area contributed by atoms with Gasteiger partial charge in [-0.2, -0.15) is 0 Å². The molecule has 1 aliphatic heterocycles. The molecule has 0 spiro atoms.